The molecule has 0 saturated heterocycles. The van der Waals surface area contributed by atoms with E-state index in [0.717, 1.165) is 38.5 Å². The van der Waals surface area contributed by atoms with Gasteiger partial charge in [-0.1, -0.05) is 379 Å². The number of carbonyl (C=O) groups is 2. The molecule has 2 unspecified atom stereocenters. The van der Waals surface area contributed by atoms with Crippen LogP contribution in [-0.4, -0.2) is 47.4 Å². The molecule has 0 aromatic rings. The van der Waals surface area contributed by atoms with Gasteiger partial charge in [0, 0.05) is 12.8 Å². The van der Waals surface area contributed by atoms with Crippen LogP contribution in [0.5, 0.6) is 0 Å². The molecule has 0 spiro atoms. The molecule has 2 atom stereocenters. The number of aliphatic hydroxyl groups excluding tert-OH is 2. The van der Waals surface area contributed by atoms with E-state index >= 15 is 0 Å². The molecule has 6 nitrogen and oxygen atoms in total. The lowest BCUT2D eigenvalue weighted by Crippen LogP contribution is -2.45. The second kappa shape index (κ2) is 71.1. The molecular weight excluding hydrogens is 995 g/mol. The topological polar surface area (TPSA) is 95.9 Å². The third kappa shape index (κ3) is 67.6. The van der Waals surface area contributed by atoms with Gasteiger partial charge in [-0.05, 0) is 51.4 Å². The second-order valence-electron chi connectivity index (χ2n) is 26.0. The van der Waals surface area contributed by atoms with E-state index in [1.165, 1.54) is 360 Å². The molecule has 0 heterocycles. The zero-order chi connectivity index (χ0) is 58.5. The Kier molecular flexibility index (Phi) is 69.9. The van der Waals surface area contributed by atoms with Crippen molar-refractivity contribution in [2.75, 3.05) is 13.2 Å². The molecule has 81 heavy (non-hydrogen) atoms. The first-order valence-electron chi connectivity index (χ1n) is 37.4. The Morgan fingerprint density at radius 3 is 0.877 bits per heavy atom. The zero-order valence-electron chi connectivity index (χ0n) is 55.3. The number of ether oxygens (including phenoxy) is 1. The van der Waals surface area contributed by atoms with Crippen LogP contribution in [0.2, 0.25) is 0 Å². The number of rotatable bonds is 71. The van der Waals surface area contributed by atoms with Crippen molar-refractivity contribution in [1.82, 2.24) is 5.32 Å². The number of amides is 1. The molecular formula is C75H147NO5. The second-order valence-corrected chi connectivity index (χ2v) is 26.0. The van der Waals surface area contributed by atoms with Gasteiger partial charge in [0.2, 0.25) is 5.91 Å². The molecule has 6 heteroatoms. The maximum absolute atomic E-state index is 12.5. The zero-order valence-corrected chi connectivity index (χ0v) is 55.3. The highest BCUT2D eigenvalue weighted by Gasteiger charge is 2.20. The quantitative estimate of drug-likeness (QED) is 0.0320. The average Bonchev–Trinajstić information content (AvgIpc) is 3.47. The van der Waals surface area contributed by atoms with Crippen molar-refractivity contribution in [3.63, 3.8) is 0 Å². The number of aliphatic hydroxyl groups is 2. The molecule has 0 aliphatic rings. The lowest BCUT2D eigenvalue weighted by atomic mass is 10.0. The van der Waals surface area contributed by atoms with E-state index < -0.39 is 12.1 Å². The Bertz CT molecular complexity index is 1220. The normalized spacial score (nSPS) is 12.5. The van der Waals surface area contributed by atoms with E-state index in [1.54, 1.807) is 0 Å². The Morgan fingerprint density at radius 2 is 0.580 bits per heavy atom. The van der Waals surface area contributed by atoms with E-state index in [9.17, 15) is 19.8 Å². The average molecular weight is 1140 g/mol. The minimum atomic E-state index is -0.660. The van der Waals surface area contributed by atoms with E-state index in [2.05, 4.69) is 31.3 Å². The lowest BCUT2D eigenvalue weighted by Gasteiger charge is -2.22. The van der Waals surface area contributed by atoms with Crippen molar-refractivity contribution < 1.29 is 24.5 Å². The molecule has 0 aliphatic carbocycles. The van der Waals surface area contributed by atoms with Gasteiger partial charge in [-0.2, -0.15) is 0 Å². The van der Waals surface area contributed by atoms with Crippen molar-refractivity contribution in [2.45, 2.75) is 443 Å². The summed E-state index contributed by atoms with van der Waals surface area (Å²) in [6, 6.07) is -0.537. The number of carbonyl (C=O) groups excluding carboxylic acids is 2. The van der Waals surface area contributed by atoms with Crippen LogP contribution in [0.1, 0.15) is 431 Å². The SMILES string of the molecule is CCCCCCCCC/C=C\CCCCCCCCCC(=O)OCCCCCCCCCCCCCCCCCCCCCCCCCCCCCCCCCCC(=O)NC(CO)C(O)CCCCCCCCCCCCCCCC. The van der Waals surface area contributed by atoms with Crippen molar-refractivity contribution >= 4 is 11.9 Å². The monoisotopic (exact) mass is 1140 g/mol. The summed E-state index contributed by atoms with van der Waals surface area (Å²) < 4.78 is 5.51. The summed E-state index contributed by atoms with van der Waals surface area (Å²) in [5.74, 6) is -0.00787. The van der Waals surface area contributed by atoms with Crippen LogP contribution in [0.15, 0.2) is 12.2 Å². The van der Waals surface area contributed by atoms with Gasteiger partial charge in [0.15, 0.2) is 0 Å². The van der Waals surface area contributed by atoms with Crippen LogP contribution in [0.4, 0.5) is 0 Å². The fourth-order valence-corrected chi connectivity index (χ4v) is 12.1. The van der Waals surface area contributed by atoms with Gasteiger partial charge < -0.3 is 20.3 Å². The minimum absolute atomic E-state index is 0.0194. The van der Waals surface area contributed by atoms with Crippen molar-refractivity contribution in [1.29, 1.82) is 0 Å². The first-order chi connectivity index (χ1) is 40.0. The summed E-state index contributed by atoms with van der Waals surface area (Å²) in [6.45, 7) is 4.99. The standard InChI is InChI=1S/C75H147NO5/c1-3-5-7-9-11-13-15-17-19-20-38-41-45-49-53-57-61-65-69-75(80)81-70-66-62-58-54-50-46-42-39-36-34-32-30-28-26-24-22-21-23-25-27-29-31-33-35-37-40-44-48-52-56-60-64-68-74(79)76-72(71-77)73(78)67-63-59-55-51-47-43-18-16-14-12-10-8-6-4-2/h19-20,72-73,77-78H,3-18,21-71H2,1-2H3,(H,76,79)/b20-19-. The van der Waals surface area contributed by atoms with Gasteiger partial charge in [0.05, 0.1) is 25.4 Å². The number of esters is 1. The molecule has 0 bridgehead atoms. The van der Waals surface area contributed by atoms with Gasteiger partial charge in [0.1, 0.15) is 0 Å². The number of nitrogens with one attached hydrogen (secondary N) is 1. The summed E-state index contributed by atoms with van der Waals surface area (Å²) in [5.41, 5.74) is 0. The number of hydrogen-bond acceptors (Lipinski definition) is 5. The third-order valence-corrected chi connectivity index (χ3v) is 17.8. The molecule has 0 aliphatic heterocycles. The highest BCUT2D eigenvalue weighted by atomic mass is 16.5. The predicted octanol–water partition coefficient (Wildman–Crippen LogP) is 24.3. The maximum Gasteiger partial charge on any atom is 0.305 e. The number of unbranched alkanes of at least 4 members (excludes halogenated alkanes) is 58. The third-order valence-electron chi connectivity index (χ3n) is 17.8. The van der Waals surface area contributed by atoms with Crippen LogP contribution in [-0.2, 0) is 14.3 Å². The predicted molar refractivity (Wildman–Crippen MR) is 357 cm³/mol. The summed E-state index contributed by atoms with van der Waals surface area (Å²) in [7, 11) is 0. The van der Waals surface area contributed by atoms with Gasteiger partial charge in [-0.3, -0.25) is 9.59 Å². The van der Waals surface area contributed by atoms with Gasteiger partial charge in [0.25, 0.3) is 0 Å². The van der Waals surface area contributed by atoms with E-state index in [0.29, 0.717) is 25.9 Å². The van der Waals surface area contributed by atoms with Gasteiger partial charge >= 0.3 is 5.97 Å². The molecule has 0 rings (SSSR count). The first kappa shape index (κ1) is 79.6. The van der Waals surface area contributed by atoms with E-state index in [1.807, 2.05) is 0 Å². The molecule has 0 radical (unpaired) electrons. The molecule has 3 N–H and O–H groups in total. The maximum atomic E-state index is 12.5. The molecule has 1 amide bonds. The lowest BCUT2D eigenvalue weighted by molar-refractivity contribution is -0.143. The molecule has 0 fully saturated rings. The fourth-order valence-electron chi connectivity index (χ4n) is 12.1. The summed E-state index contributed by atoms with van der Waals surface area (Å²) in [6.07, 6.45) is 88.6. The highest BCUT2D eigenvalue weighted by molar-refractivity contribution is 5.76. The molecule has 0 aromatic heterocycles. The van der Waals surface area contributed by atoms with Crippen LogP contribution >= 0.6 is 0 Å². The van der Waals surface area contributed by atoms with Crippen LogP contribution < -0.4 is 5.32 Å². The summed E-state index contributed by atoms with van der Waals surface area (Å²) >= 11 is 0. The van der Waals surface area contributed by atoms with Gasteiger partial charge in [-0.25, -0.2) is 0 Å². The van der Waals surface area contributed by atoms with Crippen molar-refractivity contribution in [3.05, 3.63) is 12.2 Å². The van der Waals surface area contributed by atoms with Gasteiger partial charge in [-0.15, -0.1) is 0 Å². The minimum Gasteiger partial charge on any atom is -0.466 e. The summed E-state index contributed by atoms with van der Waals surface area (Å²) in [5, 5.41) is 23.3. The van der Waals surface area contributed by atoms with Crippen LogP contribution in [0.3, 0.4) is 0 Å². The van der Waals surface area contributed by atoms with E-state index in [-0.39, 0.29) is 18.5 Å². The van der Waals surface area contributed by atoms with Crippen molar-refractivity contribution in [2.24, 2.45) is 0 Å². The molecule has 482 valence electrons. The van der Waals surface area contributed by atoms with Crippen LogP contribution in [0, 0.1) is 0 Å². The highest BCUT2D eigenvalue weighted by Crippen LogP contribution is 2.20. The molecule has 0 saturated carbocycles. The Balaban J connectivity index is 3.30. The molecule has 0 aromatic carbocycles. The van der Waals surface area contributed by atoms with E-state index in [4.69, 9.17) is 4.74 Å². The Labute approximate surface area is 508 Å². The Hall–Kier alpha value is -1.40. The van der Waals surface area contributed by atoms with Crippen molar-refractivity contribution in [3.8, 4) is 0 Å². The van der Waals surface area contributed by atoms with Crippen LogP contribution in [0.25, 0.3) is 0 Å². The number of hydrogen-bond donors (Lipinski definition) is 3. The number of allylic oxidation sites excluding steroid dienone is 2. The largest absolute Gasteiger partial charge is 0.466 e. The smallest absolute Gasteiger partial charge is 0.305 e. The Morgan fingerprint density at radius 1 is 0.333 bits per heavy atom. The summed E-state index contributed by atoms with van der Waals surface area (Å²) in [4.78, 5) is 24.6. The fraction of sp³-hybridized carbons (Fsp3) is 0.947. The first-order valence-corrected chi connectivity index (χ1v) is 37.4.